The van der Waals surface area contributed by atoms with Crippen molar-refractivity contribution in [3.05, 3.63) is 107 Å². The Labute approximate surface area is 214 Å². The number of rotatable bonds is 7. The molecule has 1 aromatic heterocycles. The van der Waals surface area contributed by atoms with Crippen molar-refractivity contribution in [2.24, 2.45) is 0 Å². The van der Waals surface area contributed by atoms with Crippen LogP contribution in [0.2, 0.25) is 10.0 Å². The van der Waals surface area contributed by atoms with E-state index in [1.807, 2.05) is 59.3 Å². The van der Waals surface area contributed by atoms with Gasteiger partial charge in [0, 0.05) is 23.0 Å². The lowest BCUT2D eigenvalue weighted by Crippen LogP contribution is -2.34. The summed E-state index contributed by atoms with van der Waals surface area (Å²) in [7, 11) is 0. The maximum atomic E-state index is 6.52. The Bertz CT molecular complexity index is 1200. The van der Waals surface area contributed by atoms with Gasteiger partial charge in [0.05, 0.1) is 24.5 Å². The van der Waals surface area contributed by atoms with Crippen LogP contribution < -0.4 is 4.74 Å². The minimum Gasteiger partial charge on any atom is -0.491 e. The molecule has 0 saturated carbocycles. The van der Waals surface area contributed by atoms with E-state index >= 15 is 0 Å². The maximum absolute atomic E-state index is 6.52. The van der Waals surface area contributed by atoms with E-state index < -0.39 is 5.79 Å². The highest BCUT2D eigenvalue weighted by molar-refractivity contribution is 6.35. The van der Waals surface area contributed by atoms with Gasteiger partial charge in [0.15, 0.2) is 0 Å². The zero-order chi connectivity index (χ0) is 22.7. The van der Waals surface area contributed by atoms with Crippen LogP contribution in [-0.4, -0.2) is 28.9 Å². The molecule has 2 heterocycles. The van der Waals surface area contributed by atoms with E-state index in [9.17, 15) is 0 Å². The Morgan fingerprint density at radius 1 is 1.00 bits per heavy atom. The molecule has 2 unspecified atom stereocenters. The molecular formula is C26H23Cl3N2O3. The molecule has 4 aromatic rings. The molecule has 1 saturated heterocycles. The van der Waals surface area contributed by atoms with E-state index in [-0.39, 0.29) is 18.5 Å². The van der Waals surface area contributed by atoms with Crippen molar-refractivity contribution in [1.82, 2.24) is 9.55 Å². The minimum atomic E-state index is -1.06. The maximum Gasteiger partial charge on any atom is 0.215 e. The molecule has 176 valence electrons. The van der Waals surface area contributed by atoms with Crippen LogP contribution in [-0.2, 0) is 21.8 Å². The summed E-state index contributed by atoms with van der Waals surface area (Å²) in [5.41, 5.74) is 3.03. The van der Waals surface area contributed by atoms with Gasteiger partial charge in [0.2, 0.25) is 5.79 Å². The third-order valence-corrected chi connectivity index (χ3v) is 6.10. The van der Waals surface area contributed by atoms with Crippen LogP contribution in [0.1, 0.15) is 5.56 Å². The Balaban J connectivity index is 0.00000274. The van der Waals surface area contributed by atoms with Crippen molar-refractivity contribution in [2.45, 2.75) is 18.4 Å². The molecule has 1 aliphatic rings. The lowest BCUT2D eigenvalue weighted by molar-refractivity contribution is -0.189. The normalized spacial score (nSPS) is 19.5. The number of benzene rings is 3. The van der Waals surface area contributed by atoms with Gasteiger partial charge in [-0.2, -0.15) is 0 Å². The summed E-state index contributed by atoms with van der Waals surface area (Å²) in [5, 5.41) is 1.04. The third-order valence-electron chi connectivity index (χ3n) is 5.55. The molecular weight excluding hydrogens is 495 g/mol. The quantitative estimate of drug-likeness (QED) is 0.276. The molecule has 0 aliphatic carbocycles. The number of imidazole rings is 1. The molecule has 0 radical (unpaired) electrons. The Hall–Kier alpha value is -2.54. The number of ether oxygens (including phenoxy) is 3. The van der Waals surface area contributed by atoms with Gasteiger partial charge in [0.1, 0.15) is 18.5 Å². The van der Waals surface area contributed by atoms with Gasteiger partial charge < -0.3 is 18.8 Å². The van der Waals surface area contributed by atoms with Crippen LogP contribution in [0.15, 0.2) is 91.5 Å². The second-order valence-corrected chi connectivity index (χ2v) is 8.71. The molecule has 8 heteroatoms. The molecule has 1 aliphatic heterocycles. The molecule has 0 spiro atoms. The van der Waals surface area contributed by atoms with Gasteiger partial charge in [-0.3, -0.25) is 0 Å². The van der Waals surface area contributed by atoms with Gasteiger partial charge in [-0.05, 0) is 35.4 Å². The predicted octanol–water partition coefficient (Wildman–Crippen LogP) is 6.63. The van der Waals surface area contributed by atoms with Crippen molar-refractivity contribution >= 4 is 35.6 Å². The van der Waals surface area contributed by atoms with Crippen molar-refractivity contribution in [3.8, 4) is 16.9 Å². The van der Waals surface area contributed by atoms with E-state index in [0.29, 0.717) is 29.8 Å². The number of nitrogens with zero attached hydrogens (tertiary/aromatic N) is 2. The summed E-state index contributed by atoms with van der Waals surface area (Å²) in [4.78, 5) is 4.12. The molecule has 34 heavy (non-hydrogen) atoms. The van der Waals surface area contributed by atoms with E-state index in [4.69, 9.17) is 37.4 Å². The van der Waals surface area contributed by atoms with Crippen LogP contribution in [0.5, 0.6) is 5.75 Å². The zero-order valence-electron chi connectivity index (χ0n) is 18.1. The number of hydrogen-bond acceptors (Lipinski definition) is 4. The first kappa shape index (κ1) is 24.6. The molecule has 5 rings (SSSR count). The zero-order valence-corrected chi connectivity index (χ0v) is 20.5. The third kappa shape index (κ3) is 5.40. The summed E-state index contributed by atoms with van der Waals surface area (Å²) < 4.78 is 20.6. The summed E-state index contributed by atoms with van der Waals surface area (Å²) >= 11 is 12.6. The summed E-state index contributed by atoms with van der Waals surface area (Å²) in [6.45, 7) is 1.12. The molecule has 0 amide bonds. The second kappa shape index (κ2) is 10.8. The van der Waals surface area contributed by atoms with Crippen molar-refractivity contribution in [3.63, 3.8) is 0 Å². The average Bonchev–Trinajstić information content (AvgIpc) is 3.49. The van der Waals surface area contributed by atoms with Crippen molar-refractivity contribution < 1.29 is 14.2 Å². The van der Waals surface area contributed by atoms with E-state index in [1.54, 1.807) is 24.7 Å². The summed E-state index contributed by atoms with van der Waals surface area (Å²) in [5.74, 6) is -0.289. The Morgan fingerprint density at radius 3 is 2.47 bits per heavy atom. The van der Waals surface area contributed by atoms with Gasteiger partial charge >= 0.3 is 0 Å². The standard InChI is InChI=1S/C26H22Cl2N2O3.ClH/c27-21-8-11-24(25(28)14-21)26(17-30-13-12-29-18-30)32-16-23(33-26)15-31-22-9-6-20(7-10-22)19-4-2-1-3-5-19;/h1-14,18,23H,15-17H2;1H. The molecule has 2 atom stereocenters. The highest BCUT2D eigenvalue weighted by Crippen LogP contribution is 2.40. The minimum absolute atomic E-state index is 0. The Morgan fingerprint density at radius 2 is 1.76 bits per heavy atom. The number of hydrogen-bond donors (Lipinski definition) is 0. The van der Waals surface area contributed by atoms with Crippen LogP contribution in [0.4, 0.5) is 0 Å². The monoisotopic (exact) mass is 516 g/mol. The van der Waals surface area contributed by atoms with Gasteiger partial charge in [-0.25, -0.2) is 4.98 Å². The van der Waals surface area contributed by atoms with E-state index in [1.165, 1.54) is 5.56 Å². The first-order chi connectivity index (χ1) is 16.1. The lowest BCUT2D eigenvalue weighted by atomic mass is 10.1. The Kier molecular flexibility index (Phi) is 7.81. The molecule has 1 fully saturated rings. The molecule has 0 bridgehead atoms. The van der Waals surface area contributed by atoms with E-state index in [2.05, 4.69) is 17.1 Å². The van der Waals surface area contributed by atoms with Crippen LogP contribution in [0.3, 0.4) is 0 Å². The summed E-state index contributed by atoms with van der Waals surface area (Å²) in [6.07, 6.45) is 5.02. The van der Waals surface area contributed by atoms with E-state index in [0.717, 1.165) is 16.9 Å². The molecule has 5 nitrogen and oxygen atoms in total. The van der Waals surface area contributed by atoms with Gasteiger partial charge in [-0.1, -0.05) is 71.7 Å². The first-order valence-corrected chi connectivity index (χ1v) is 11.4. The highest BCUT2D eigenvalue weighted by Gasteiger charge is 2.45. The fourth-order valence-electron chi connectivity index (χ4n) is 3.94. The van der Waals surface area contributed by atoms with Crippen LogP contribution in [0, 0.1) is 0 Å². The second-order valence-electron chi connectivity index (χ2n) is 7.86. The topological polar surface area (TPSA) is 45.5 Å². The first-order valence-electron chi connectivity index (χ1n) is 10.6. The van der Waals surface area contributed by atoms with Gasteiger partial charge in [0.25, 0.3) is 0 Å². The highest BCUT2D eigenvalue weighted by atomic mass is 35.5. The fourth-order valence-corrected chi connectivity index (χ4v) is 4.49. The predicted molar refractivity (Wildman–Crippen MR) is 136 cm³/mol. The van der Waals surface area contributed by atoms with Crippen LogP contribution in [0.25, 0.3) is 11.1 Å². The fraction of sp³-hybridized carbons (Fsp3) is 0.192. The van der Waals surface area contributed by atoms with Gasteiger partial charge in [-0.15, -0.1) is 12.4 Å². The molecule has 0 N–H and O–H groups in total. The smallest absolute Gasteiger partial charge is 0.215 e. The van der Waals surface area contributed by atoms with Crippen LogP contribution >= 0.6 is 35.6 Å². The average molecular weight is 518 g/mol. The number of aromatic nitrogens is 2. The summed E-state index contributed by atoms with van der Waals surface area (Å²) in [6, 6.07) is 23.6. The molecule has 3 aromatic carbocycles. The van der Waals surface area contributed by atoms with Crippen molar-refractivity contribution in [2.75, 3.05) is 13.2 Å². The SMILES string of the molecule is Cl.Clc1ccc(C2(Cn3ccnc3)OCC(COc3ccc(-c4ccccc4)cc3)O2)c(Cl)c1. The lowest BCUT2D eigenvalue weighted by Gasteiger charge is -2.30. The van der Waals surface area contributed by atoms with Crippen molar-refractivity contribution in [1.29, 1.82) is 0 Å². The largest absolute Gasteiger partial charge is 0.491 e. The number of halogens is 3.